The molecule has 2 amide bonds. The largest absolute Gasteiger partial charge is 0.481 e. The van der Waals surface area contributed by atoms with Crippen LogP contribution in [0.4, 0.5) is 5.69 Å². The van der Waals surface area contributed by atoms with Crippen LogP contribution in [0.25, 0.3) is 0 Å². The van der Waals surface area contributed by atoms with Crippen LogP contribution >= 0.6 is 0 Å². The lowest BCUT2D eigenvalue weighted by Crippen LogP contribution is -2.35. The van der Waals surface area contributed by atoms with Gasteiger partial charge in [-0.15, -0.1) is 0 Å². The highest BCUT2D eigenvalue weighted by Crippen LogP contribution is 2.19. The fraction of sp³-hybridized carbons (Fsp3) is 0.364. The van der Waals surface area contributed by atoms with Crippen molar-refractivity contribution in [2.45, 2.75) is 52.7 Å². The van der Waals surface area contributed by atoms with Crippen molar-refractivity contribution in [3.63, 3.8) is 0 Å². The molecule has 2 N–H and O–H groups in total. The Morgan fingerprint density at radius 2 is 1.78 bits per heavy atom. The van der Waals surface area contributed by atoms with Crippen LogP contribution in [-0.4, -0.2) is 24.0 Å². The van der Waals surface area contributed by atoms with Crippen molar-refractivity contribution in [2.75, 3.05) is 5.32 Å². The average molecular weight is 368 g/mol. The highest BCUT2D eigenvalue weighted by atomic mass is 16.5. The summed E-state index contributed by atoms with van der Waals surface area (Å²) in [6.07, 6.45) is 0.709. The Labute approximate surface area is 161 Å². The Morgan fingerprint density at radius 1 is 1.04 bits per heavy atom. The molecule has 0 fully saturated rings. The summed E-state index contributed by atoms with van der Waals surface area (Å²) in [7, 11) is 0. The second-order valence-electron chi connectivity index (χ2n) is 6.65. The third-order valence-electron chi connectivity index (χ3n) is 4.35. The zero-order chi connectivity index (χ0) is 19.8. The second-order valence-corrected chi connectivity index (χ2v) is 6.65. The van der Waals surface area contributed by atoms with E-state index in [0.717, 1.165) is 12.0 Å². The van der Waals surface area contributed by atoms with E-state index >= 15 is 0 Å². The number of carbonyl (C=O) groups is 2. The van der Waals surface area contributed by atoms with Crippen LogP contribution in [0.5, 0.6) is 5.75 Å². The number of aryl methyl sites for hydroxylation is 1. The van der Waals surface area contributed by atoms with E-state index < -0.39 is 6.10 Å². The van der Waals surface area contributed by atoms with E-state index in [2.05, 4.69) is 10.6 Å². The summed E-state index contributed by atoms with van der Waals surface area (Å²) in [4.78, 5) is 25.2. The van der Waals surface area contributed by atoms with Gasteiger partial charge in [-0.25, -0.2) is 0 Å². The van der Waals surface area contributed by atoms with Gasteiger partial charge < -0.3 is 15.4 Å². The molecule has 0 heterocycles. The number of benzene rings is 2. The third kappa shape index (κ3) is 5.84. The minimum Gasteiger partial charge on any atom is -0.481 e. The summed E-state index contributed by atoms with van der Waals surface area (Å²) < 4.78 is 5.85. The maximum atomic E-state index is 12.7. The molecule has 0 saturated heterocycles. The van der Waals surface area contributed by atoms with Gasteiger partial charge in [-0.3, -0.25) is 9.59 Å². The molecule has 2 rings (SSSR count). The van der Waals surface area contributed by atoms with E-state index in [4.69, 9.17) is 4.74 Å². The van der Waals surface area contributed by atoms with Crippen molar-refractivity contribution in [2.24, 2.45) is 0 Å². The lowest BCUT2D eigenvalue weighted by Gasteiger charge is -2.19. The topological polar surface area (TPSA) is 67.4 Å². The molecule has 0 aliphatic heterocycles. The maximum Gasteiger partial charge on any atom is 0.265 e. The standard InChI is InChI=1S/C22H28N2O3/c1-5-16(4)23-21(25)18-12-7-8-13-19(18)24-22(26)20(6-2)27-17-11-9-10-15(3)14-17/h7-14,16,20H,5-6H2,1-4H3,(H,23,25)(H,24,26)/t16-,20+/m1/s1. The van der Waals surface area contributed by atoms with Gasteiger partial charge in [0.25, 0.3) is 11.8 Å². The molecule has 0 saturated carbocycles. The molecule has 2 aromatic rings. The number of hydrogen-bond donors (Lipinski definition) is 2. The number of anilines is 1. The van der Waals surface area contributed by atoms with E-state index in [-0.39, 0.29) is 17.9 Å². The van der Waals surface area contributed by atoms with Crippen LogP contribution in [0.15, 0.2) is 48.5 Å². The molecule has 2 aromatic carbocycles. The van der Waals surface area contributed by atoms with Crippen LogP contribution in [-0.2, 0) is 4.79 Å². The summed E-state index contributed by atoms with van der Waals surface area (Å²) in [6, 6.07) is 14.6. The molecule has 0 aliphatic carbocycles. The molecule has 5 nitrogen and oxygen atoms in total. The third-order valence-corrected chi connectivity index (χ3v) is 4.35. The van der Waals surface area contributed by atoms with Crippen molar-refractivity contribution in [1.29, 1.82) is 0 Å². The Kier molecular flexibility index (Phi) is 7.41. The molecular weight excluding hydrogens is 340 g/mol. The first-order valence-electron chi connectivity index (χ1n) is 9.38. The molecule has 0 unspecified atom stereocenters. The fourth-order valence-corrected chi connectivity index (χ4v) is 2.58. The van der Waals surface area contributed by atoms with Crippen LogP contribution in [0.3, 0.4) is 0 Å². The van der Waals surface area contributed by atoms with Gasteiger partial charge in [-0.2, -0.15) is 0 Å². The van der Waals surface area contributed by atoms with Crippen molar-refractivity contribution >= 4 is 17.5 Å². The molecule has 0 radical (unpaired) electrons. The first-order valence-corrected chi connectivity index (χ1v) is 9.38. The summed E-state index contributed by atoms with van der Waals surface area (Å²) >= 11 is 0. The van der Waals surface area contributed by atoms with Gasteiger partial charge in [0.15, 0.2) is 6.10 Å². The van der Waals surface area contributed by atoms with E-state index in [0.29, 0.717) is 23.4 Å². The zero-order valence-electron chi connectivity index (χ0n) is 16.4. The number of carbonyl (C=O) groups excluding carboxylic acids is 2. The van der Waals surface area contributed by atoms with Crippen molar-refractivity contribution in [3.05, 3.63) is 59.7 Å². The number of amides is 2. The van der Waals surface area contributed by atoms with Gasteiger partial charge in [-0.05, 0) is 56.5 Å². The van der Waals surface area contributed by atoms with Crippen LogP contribution < -0.4 is 15.4 Å². The Hall–Kier alpha value is -2.82. The van der Waals surface area contributed by atoms with E-state index in [1.165, 1.54) is 0 Å². The van der Waals surface area contributed by atoms with Gasteiger partial charge in [0.2, 0.25) is 0 Å². The van der Waals surface area contributed by atoms with Crippen LogP contribution in [0.1, 0.15) is 49.5 Å². The monoisotopic (exact) mass is 368 g/mol. The fourth-order valence-electron chi connectivity index (χ4n) is 2.58. The molecule has 144 valence electrons. The molecule has 27 heavy (non-hydrogen) atoms. The predicted octanol–water partition coefficient (Wildman–Crippen LogP) is 4.32. The van der Waals surface area contributed by atoms with E-state index in [1.807, 2.05) is 52.0 Å². The molecular formula is C22H28N2O3. The number of ether oxygens (including phenoxy) is 1. The normalized spacial score (nSPS) is 12.7. The molecule has 0 bridgehead atoms. The minimum atomic E-state index is -0.641. The highest BCUT2D eigenvalue weighted by molar-refractivity contribution is 6.04. The number of para-hydroxylation sites is 1. The summed E-state index contributed by atoms with van der Waals surface area (Å²) in [6.45, 7) is 7.82. The average Bonchev–Trinajstić information content (AvgIpc) is 2.66. The Morgan fingerprint density at radius 3 is 2.44 bits per heavy atom. The quantitative estimate of drug-likeness (QED) is 0.729. The minimum absolute atomic E-state index is 0.0642. The van der Waals surface area contributed by atoms with E-state index in [9.17, 15) is 9.59 Å². The Bertz CT molecular complexity index is 789. The molecule has 5 heteroatoms. The number of rotatable bonds is 8. The Balaban J connectivity index is 2.13. The SMILES string of the molecule is CC[C@@H](C)NC(=O)c1ccccc1NC(=O)[C@H](CC)Oc1cccc(C)c1. The molecule has 0 aliphatic rings. The lowest BCUT2D eigenvalue weighted by molar-refractivity contribution is -0.122. The van der Waals surface area contributed by atoms with Crippen LogP contribution in [0, 0.1) is 6.92 Å². The molecule has 2 atom stereocenters. The zero-order valence-corrected chi connectivity index (χ0v) is 16.4. The van der Waals surface area contributed by atoms with Gasteiger partial charge >= 0.3 is 0 Å². The van der Waals surface area contributed by atoms with Crippen molar-refractivity contribution in [1.82, 2.24) is 5.32 Å². The molecule has 0 spiro atoms. The summed E-state index contributed by atoms with van der Waals surface area (Å²) in [5, 5.41) is 5.77. The maximum absolute atomic E-state index is 12.7. The van der Waals surface area contributed by atoms with Crippen LogP contribution in [0.2, 0.25) is 0 Å². The van der Waals surface area contributed by atoms with Gasteiger partial charge in [0, 0.05) is 6.04 Å². The highest BCUT2D eigenvalue weighted by Gasteiger charge is 2.21. The van der Waals surface area contributed by atoms with Gasteiger partial charge in [0.05, 0.1) is 11.3 Å². The van der Waals surface area contributed by atoms with Gasteiger partial charge in [0.1, 0.15) is 5.75 Å². The first-order chi connectivity index (χ1) is 12.9. The summed E-state index contributed by atoms with van der Waals surface area (Å²) in [5.74, 6) is 0.176. The molecule has 0 aromatic heterocycles. The predicted molar refractivity (Wildman–Crippen MR) is 108 cm³/mol. The second kappa shape index (κ2) is 9.76. The summed E-state index contributed by atoms with van der Waals surface area (Å²) in [5.41, 5.74) is 1.99. The first kappa shape index (κ1) is 20.5. The number of hydrogen-bond acceptors (Lipinski definition) is 3. The van der Waals surface area contributed by atoms with E-state index in [1.54, 1.807) is 24.3 Å². The van der Waals surface area contributed by atoms with Gasteiger partial charge in [-0.1, -0.05) is 38.1 Å². The van der Waals surface area contributed by atoms with Crippen molar-refractivity contribution < 1.29 is 14.3 Å². The van der Waals surface area contributed by atoms with Crippen molar-refractivity contribution in [3.8, 4) is 5.75 Å². The lowest BCUT2D eigenvalue weighted by atomic mass is 10.1. The number of nitrogens with one attached hydrogen (secondary N) is 2. The smallest absolute Gasteiger partial charge is 0.265 e.